The number of ether oxygens (including phenoxy) is 1. The van der Waals surface area contributed by atoms with Crippen molar-refractivity contribution in [2.24, 2.45) is 11.8 Å². The van der Waals surface area contributed by atoms with E-state index in [-0.39, 0.29) is 6.10 Å². The lowest BCUT2D eigenvalue weighted by Crippen LogP contribution is -2.53. The first kappa shape index (κ1) is 17.7. The van der Waals surface area contributed by atoms with Gasteiger partial charge in [0.2, 0.25) is 5.60 Å². The second kappa shape index (κ2) is 7.16. The summed E-state index contributed by atoms with van der Waals surface area (Å²) >= 11 is 0. The second-order valence-electron chi connectivity index (χ2n) is 8.24. The summed E-state index contributed by atoms with van der Waals surface area (Å²) in [5.41, 5.74) is -0.224. The molecule has 1 aromatic carbocycles. The minimum Gasteiger partial charge on any atom is -0.459 e. The van der Waals surface area contributed by atoms with Gasteiger partial charge in [0, 0.05) is 24.9 Å². The van der Waals surface area contributed by atoms with Gasteiger partial charge in [-0.15, -0.1) is 0 Å². The van der Waals surface area contributed by atoms with Crippen LogP contribution in [0, 0.1) is 11.8 Å². The first-order chi connectivity index (χ1) is 12.6. The van der Waals surface area contributed by atoms with Crippen LogP contribution in [-0.2, 0) is 15.1 Å². The Balaban J connectivity index is 1.61. The average molecular weight is 355 g/mol. The number of nitrogens with zero attached hydrogens (tertiary/aromatic N) is 1. The second-order valence-corrected chi connectivity index (χ2v) is 8.24. The average Bonchev–Trinajstić information content (AvgIpc) is 3.17. The van der Waals surface area contributed by atoms with Crippen LogP contribution in [0.2, 0.25) is 0 Å². The Hall–Kier alpha value is -1.65. The van der Waals surface area contributed by atoms with Gasteiger partial charge in [0.05, 0.1) is 0 Å². The Morgan fingerprint density at radius 2 is 1.85 bits per heavy atom. The summed E-state index contributed by atoms with van der Waals surface area (Å²) < 4.78 is 6.08. The van der Waals surface area contributed by atoms with Gasteiger partial charge < -0.3 is 14.7 Å². The maximum atomic E-state index is 13.3. The van der Waals surface area contributed by atoms with E-state index < -0.39 is 11.6 Å². The Morgan fingerprint density at radius 1 is 1.15 bits per heavy atom. The minimum absolute atomic E-state index is 0.0651. The largest absolute Gasteiger partial charge is 0.459 e. The van der Waals surface area contributed by atoms with Gasteiger partial charge in [-0.25, -0.2) is 4.79 Å². The molecule has 4 rings (SSSR count). The van der Waals surface area contributed by atoms with Crippen molar-refractivity contribution >= 4 is 5.97 Å². The van der Waals surface area contributed by atoms with E-state index in [0.717, 1.165) is 50.8 Å². The Kier molecular flexibility index (Phi) is 4.89. The normalized spacial score (nSPS) is 31.2. The van der Waals surface area contributed by atoms with Crippen LogP contribution in [0.1, 0.15) is 44.1 Å². The van der Waals surface area contributed by atoms with E-state index in [9.17, 15) is 9.90 Å². The number of piperidine rings is 1. The van der Waals surface area contributed by atoms with Crippen LogP contribution in [-0.4, -0.2) is 42.2 Å². The van der Waals surface area contributed by atoms with Gasteiger partial charge in [-0.2, -0.15) is 0 Å². The zero-order valence-corrected chi connectivity index (χ0v) is 15.6. The zero-order valence-electron chi connectivity index (χ0n) is 15.6. The molecular weight excluding hydrogens is 326 g/mol. The van der Waals surface area contributed by atoms with Crippen molar-refractivity contribution in [2.75, 3.05) is 20.1 Å². The molecule has 2 bridgehead atoms. The van der Waals surface area contributed by atoms with E-state index in [1.165, 1.54) is 6.42 Å². The highest BCUT2D eigenvalue weighted by Crippen LogP contribution is 2.41. The van der Waals surface area contributed by atoms with Crippen molar-refractivity contribution in [3.63, 3.8) is 0 Å². The molecule has 2 aliphatic carbocycles. The molecule has 0 spiro atoms. The van der Waals surface area contributed by atoms with Crippen LogP contribution in [0.25, 0.3) is 0 Å². The van der Waals surface area contributed by atoms with Crippen molar-refractivity contribution in [2.45, 2.75) is 50.2 Å². The maximum absolute atomic E-state index is 13.3. The van der Waals surface area contributed by atoms with Gasteiger partial charge in [-0.3, -0.25) is 0 Å². The van der Waals surface area contributed by atoms with Crippen molar-refractivity contribution in [3.8, 4) is 0 Å². The number of aliphatic hydroxyl groups is 1. The van der Waals surface area contributed by atoms with E-state index >= 15 is 0 Å². The number of rotatable bonds is 4. The number of hydrogen-bond donors (Lipinski definition) is 1. The highest BCUT2D eigenvalue weighted by atomic mass is 16.6. The van der Waals surface area contributed by atoms with Gasteiger partial charge in [0.1, 0.15) is 6.10 Å². The van der Waals surface area contributed by atoms with Gasteiger partial charge in [0.15, 0.2) is 0 Å². The van der Waals surface area contributed by atoms with Crippen LogP contribution in [0.5, 0.6) is 0 Å². The van der Waals surface area contributed by atoms with Crippen LogP contribution >= 0.6 is 0 Å². The number of carbonyl (C=O) groups is 1. The molecule has 2 unspecified atom stereocenters. The Bertz CT molecular complexity index is 672. The molecule has 26 heavy (non-hydrogen) atoms. The number of hydrogen-bond acceptors (Lipinski definition) is 4. The van der Waals surface area contributed by atoms with Crippen LogP contribution in [0.15, 0.2) is 42.0 Å². The lowest BCUT2D eigenvalue weighted by atomic mass is 9.75. The minimum atomic E-state index is -1.64. The molecule has 140 valence electrons. The maximum Gasteiger partial charge on any atom is 0.347 e. The number of carbonyl (C=O) groups excluding carboxylic acids is 1. The molecule has 4 heteroatoms. The van der Waals surface area contributed by atoms with Crippen LogP contribution < -0.4 is 0 Å². The summed E-state index contributed by atoms with van der Waals surface area (Å²) in [4.78, 5) is 15.7. The SMILES string of the molecule is CN1CC2CCCC(C1)C2OC(=O)[C@](O)(C1=CCCC1)c1ccccc1. The Labute approximate surface area is 155 Å². The third-order valence-electron chi connectivity index (χ3n) is 6.41. The van der Waals surface area contributed by atoms with E-state index in [1.807, 2.05) is 36.4 Å². The molecule has 0 amide bonds. The molecule has 4 nitrogen and oxygen atoms in total. The molecular formula is C22H29NO3. The highest BCUT2D eigenvalue weighted by Gasteiger charge is 2.48. The summed E-state index contributed by atoms with van der Waals surface area (Å²) in [5, 5.41) is 11.5. The summed E-state index contributed by atoms with van der Waals surface area (Å²) in [7, 11) is 2.15. The quantitative estimate of drug-likeness (QED) is 0.665. The van der Waals surface area contributed by atoms with Gasteiger partial charge >= 0.3 is 5.97 Å². The molecule has 3 aliphatic rings. The smallest absolute Gasteiger partial charge is 0.347 e. The third-order valence-corrected chi connectivity index (χ3v) is 6.41. The lowest BCUT2D eigenvalue weighted by molar-refractivity contribution is -0.181. The van der Waals surface area contributed by atoms with E-state index in [0.29, 0.717) is 17.4 Å². The predicted octanol–water partition coefficient (Wildman–Crippen LogP) is 3.26. The highest BCUT2D eigenvalue weighted by molar-refractivity contribution is 5.85. The number of allylic oxidation sites excluding steroid dienone is 1. The molecule has 0 aromatic heterocycles. The summed E-state index contributed by atoms with van der Waals surface area (Å²) in [6.45, 7) is 1.95. The number of esters is 1. The molecule has 3 atom stereocenters. The van der Waals surface area contributed by atoms with Gasteiger partial charge in [0.25, 0.3) is 0 Å². The van der Waals surface area contributed by atoms with E-state index in [2.05, 4.69) is 11.9 Å². The topological polar surface area (TPSA) is 49.8 Å². The fraction of sp³-hybridized carbons (Fsp3) is 0.591. The van der Waals surface area contributed by atoms with Crippen molar-refractivity contribution in [1.82, 2.24) is 4.90 Å². The summed E-state index contributed by atoms with van der Waals surface area (Å²) in [5.74, 6) is 0.284. The van der Waals surface area contributed by atoms with E-state index in [4.69, 9.17) is 4.74 Å². The summed E-state index contributed by atoms with van der Waals surface area (Å²) in [6, 6.07) is 9.30. The first-order valence-electron chi connectivity index (χ1n) is 9.96. The lowest BCUT2D eigenvalue weighted by Gasteiger charge is -2.46. The molecule has 1 N–H and O–H groups in total. The molecule has 1 saturated carbocycles. The summed E-state index contributed by atoms with van der Waals surface area (Å²) in [6.07, 6.45) is 8.02. The molecule has 1 saturated heterocycles. The fourth-order valence-corrected chi connectivity index (χ4v) is 5.14. The molecule has 1 aromatic rings. The molecule has 0 radical (unpaired) electrons. The molecule has 1 aliphatic heterocycles. The predicted molar refractivity (Wildman–Crippen MR) is 100 cm³/mol. The number of likely N-dealkylation sites (tertiary alicyclic amines) is 1. The van der Waals surface area contributed by atoms with Crippen molar-refractivity contribution in [3.05, 3.63) is 47.5 Å². The molecule has 2 fully saturated rings. The Morgan fingerprint density at radius 3 is 2.46 bits per heavy atom. The number of fused-ring (bicyclic) bond motifs is 2. The van der Waals surface area contributed by atoms with Gasteiger partial charge in [-0.05, 0) is 50.3 Å². The van der Waals surface area contributed by atoms with Crippen molar-refractivity contribution in [1.29, 1.82) is 0 Å². The zero-order chi connectivity index (χ0) is 18.1. The van der Waals surface area contributed by atoms with Crippen LogP contribution in [0.3, 0.4) is 0 Å². The molecule has 1 heterocycles. The van der Waals surface area contributed by atoms with Crippen molar-refractivity contribution < 1.29 is 14.6 Å². The van der Waals surface area contributed by atoms with E-state index in [1.54, 1.807) is 0 Å². The van der Waals surface area contributed by atoms with Crippen LogP contribution in [0.4, 0.5) is 0 Å². The third kappa shape index (κ3) is 3.10. The fourth-order valence-electron chi connectivity index (χ4n) is 5.14. The first-order valence-corrected chi connectivity index (χ1v) is 9.96. The van der Waals surface area contributed by atoms with Gasteiger partial charge in [-0.1, -0.05) is 42.8 Å². The standard InChI is InChI=1S/C22H29NO3/c1-23-14-16-8-7-9-17(15-23)20(16)26-21(24)22(25,19-12-5-6-13-19)18-10-3-2-4-11-18/h2-4,10-12,16-17,20,25H,5-9,13-15H2,1H3/t16?,17?,20?,22-/m1/s1. The monoisotopic (exact) mass is 355 g/mol. The number of benzene rings is 1.